The Morgan fingerprint density at radius 3 is 2.17 bits per heavy atom. The van der Waals surface area contributed by atoms with Crippen molar-refractivity contribution in [3.05, 3.63) is 76.9 Å². The number of hydrogen-bond donors (Lipinski definition) is 1. The van der Waals surface area contributed by atoms with Gasteiger partial charge in [0.15, 0.2) is 0 Å². The Bertz CT molecular complexity index is 886. The SMILES string of the molecule is CNC(=O)c1ccc(CN(C(=O)C=Cc2ccc(C(C)(C)C)cc2)C2CC2)cc1. The van der Waals surface area contributed by atoms with E-state index in [2.05, 4.69) is 50.4 Å². The molecule has 0 aliphatic heterocycles. The van der Waals surface area contributed by atoms with Gasteiger partial charge < -0.3 is 10.2 Å². The van der Waals surface area contributed by atoms with E-state index in [1.807, 2.05) is 23.1 Å². The maximum absolute atomic E-state index is 12.8. The normalized spacial score (nSPS) is 14.1. The molecule has 1 fully saturated rings. The second-order valence-electron chi connectivity index (χ2n) is 8.68. The molecular weight excluding hydrogens is 360 g/mol. The van der Waals surface area contributed by atoms with E-state index in [1.165, 1.54) is 5.56 Å². The Morgan fingerprint density at radius 2 is 1.66 bits per heavy atom. The van der Waals surface area contributed by atoms with E-state index in [0.717, 1.165) is 24.0 Å². The van der Waals surface area contributed by atoms with E-state index in [0.29, 0.717) is 18.2 Å². The highest BCUT2D eigenvalue weighted by Crippen LogP contribution is 2.29. The number of benzene rings is 2. The molecule has 0 heterocycles. The largest absolute Gasteiger partial charge is 0.355 e. The molecule has 1 saturated carbocycles. The number of hydrogen-bond acceptors (Lipinski definition) is 2. The van der Waals surface area contributed by atoms with E-state index in [1.54, 1.807) is 25.3 Å². The van der Waals surface area contributed by atoms with Crippen molar-refractivity contribution in [1.29, 1.82) is 0 Å². The van der Waals surface area contributed by atoms with Gasteiger partial charge in [0, 0.05) is 31.3 Å². The summed E-state index contributed by atoms with van der Waals surface area (Å²) < 4.78 is 0. The molecule has 152 valence electrons. The minimum Gasteiger partial charge on any atom is -0.355 e. The van der Waals surface area contributed by atoms with E-state index in [4.69, 9.17) is 0 Å². The summed E-state index contributed by atoms with van der Waals surface area (Å²) in [5, 5.41) is 2.62. The van der Waals surface area contributed by atoms with E-state index < -0.39 is 0 Å². The fraction of sp³-hybridized carbons (Fsp3) is 0.360. The first kappa shape index (κ1) is 20.8. The van der Waals surface area contributed by atoms with Gasteiger partial charge in [-0.25, -0.2) is 0 Å². The van der Waals surface area contributed by atoms with Crippen LogP contribution in [0.15, 0.2) is 54.6 Å². The molecule has 0 unspecified atom stereocenters. The predicted molar refractivity (Wildman–Crippen MR) is 118 cm³/mol. The number of rotatable bonds is 6. The van der Waals surface area contributed by atoms with E-state index in [-0.39, 0.29) is 17.2 Å². The minimum absolute atomic E-state index is 0.0303. The first-order valence-corrected chi connectivity index (χ1v) is 10.2. The molecule has 1 aliphatic carbocycles. The van der Waals surface area contributed by atoms with Crippen molar-refractivity contribution >= 4 is 17.9 Å². The highest BCUT2D eigenvalue weighted by Gasteiger charge is 2.31. The van der Waals surface area contributed by atoms with Gasteiger partial charge in [0.2, 0.25) is 5.91 Å². The van der Waals surface area contributed by atoms with Gasteiger partial charge in [0.1, 0.15) is 0 Å². The Morgan fingerprint density at radius 1 is 1.03 bits per heavy atom. The van der Waals surface area contributed by atoms with Crippen LogP contribution in [-0.2, 0) is 16.8 Å². The number of amides is 2. The van der Waals surface area contributed by atoms with Crippen molar-refractivity contribution in [3.63, 3.8) is 0 Å². The summed E-state index contributed by atoms with van der Waals surface area (Å²) in [4.78, 5) is 26.4. The molecule has 0 radical (unpaired) electrons. The highest BCUT2D eigenvalue weighted by molar-refractivity contribution is 5.94. The minimum atomic E-state index is -0.105. The van der Waals surface area contributed by atoms with Gasteiger partial charge in [-0.05, 0) is 53.2 Å². The first-order chi connectivity index (χ1) is 13.8. The van der Waals surface area contributed by atoms with Gasteiger partial charge in [-0.1, -0.05) is 57.2 Å². The molecule has 4 heteroatoms. The second-order valence-corrected chi connectivity index (χ2v) is 8.68. The fourth-order valence-electron chi connectivity index (χ4n) is 3.23. The van der Waals surface area contributed by atoms with Gasteiger partial charge >= 0.3 is 0 Å². The van der Waals surface area contributed by atoms with Crippen molar-refractivity contribution in [2.75, 3.05) is 7.05 Å². The van der Waals surface area contributed by atoms with Crippen LogP contribution in [0.25, 0.3) is 6.08 Å². The van der Waals surface area contributed by atoms with Crippen molar-refractivity contribution in [3.8, 4) is 0 Å². The zero-order chi connectivity index (χ0) is 21.0. The van der Waals surface area contributed by atoms with Crippen LogP contribution in [-0.4, -0.2) is 29.8 Å². The topological polar surface area (TPSA) is 49.4 Å². The first-order valence-electron chi connectivity index (χ1n) is 10.2. The quantitative estimate of drug-likeness (QED) is 0.736. The zero-order valence-corrected chi connectivity index (χ0v) is 17.7. The summed E-state index contributed by atoms with van der Waals surface area (Å²) in [7, 11) is 1.62. The average molecular weight is 391 g/mol. The van der Waals surface area contributed by atoms with Crippen LogP contribution in [0.5, 0.6) is 0 Å². The Kier molecular flexibility index (Phi) is 6.21. The summed E-state index contributed by atoms with van der Waals surface area (Å²) in [6, 6.07) is 16.1. The van der Waals surface area contributed by atoms with Crippen molar-refractivity contribution in [2.45, 2.75) is 51.6 Å². The third-order valence-corrected chi connectivity index (χ3v) is 5.26. The maximum Gasteiger partial charge on any atom is 0.251 e. The van der Waals surface area contributed by atoms with Gasteiger partial charge in [-0.2, -0.15) is 0 Å². The maximum atomic E-state index is 12.8. The number of nitrogens with one attached hydrogen (secondary N) is 1. The average Bonchev–Trinajstić information content (AvgIpc) is 3.55. The summed E-state index contributed by atoms with van der Waals surface area (Å²) in [5.41, 5.74) is 4.08. The molecule has 3 rings (SSSR count). The van der Waals surface area contributed by atoms with Crippen LogP contribution >= 0.6 is 0 Å². The molecule has 2 aromatic carbocycles. The molecule has 0 bridgehead atoms. The van der Waals surface area contributed by atoms with Crippen molar-refractivity contribution in [2.24, 2.45) is 0 Å². The molecule has 2 amide bonds. The summed E-state index contributed by atoms with van der Waals surface area (Å²) >= 11 is 0. The lowest BCUT2D eigenvalue weighted by atomic mass is 9.87. The molecule has 1 N–H and O–H groups in total. The van der Waals surface area contributed by atoms with Crippen LogP contribution < -0.4 is 5.32 Å². The van der Waals surface area contributed by atoms with E-state index in [9.17, 15) is 9.59 Å². The van der Waals surface area contributed by atoms with Crippen molar-refractivity contribution < 1.29 is 9.59 Å². The van der Waals surface area contributed by atoms with Crippen LogP contribution in [0.4, 0.5) is 0 Å². The number of carbonyl (C=O) groups is 2. The molecule has 0 aromatic heterocycles. The molecule has 4 nitrogen and oxygen atoms in total. The third kappa shape index (κ3) is 5.57. The summed E-state index contributed by atoms with van der Waals surface area (Å²) in [5.74, 6) is -0.0742. The molecule has 0 atom stereocenters. The molecule has 0 spiro atoms. The lowest BCUT2D eigenvalue weighted by molar-refractivity contribution is -0.127. The molecule has 0 saturated heterocycles. The van der Waals surface area contributed by atoms with Crippen LogP contribution in [0.1, 0.15) is 60.7 Å². The molecule has 1 aliphatic rings. The number of nitrogens with zero attached hydrogens (tertiary/aromatic N) is 1. The highest BCUT2D eigenvalue weighted by atomic mass is 16.2. The number of carbonyl (C=O) groups excluding carboxylic acids is 2. The Balaban J connectivity index is 1.67. The zero-order valence-electron chi connectivity index (χ0n) is 17.7. The summed E-state index contributed by atoms with van der Waals surface area (Å²) in [6.07, 6.45) is 5.66. The van der Waals surface area contributed by atoms with Gasteiger partial charge in [0.25, 0.3) is 5.91 Å². The smallest absolute Gasteiger partial charge is 0.251 e. The molecular formula is C25H30N2O2. The van der Waals surface area contributed by atoms with Crippen LogP contribution in [0.3, 0.4) is 0 Å². The van der Waals surface area contributed by atoms with Crippen LogP contribution in [0, 0.1) is 0 Å². The lowest BCUT2D eigenvalue weighted by Gasteiger charge is -2.21. The van der Waals surface area contributed by atoms with Gasteiger partial charge in [-0.15, -0.1) is 0 Å². The fourth-order valence-corrected chi connectivity index (χ4v) is 3.23. The van der Waals surface area contributed by atoms with Crippen LogP contribution in [0.2, 0.25) is 0 Å². The van der Waals surface area contributed by atoms with E-state index >= 15 is 0 Å². The third-order valence-electron chi connectivity index (χ3n) is 5.26. The monoisotopic (exact) mass is 390 g/mol. The standard InChI is InChI=1S/C25H30N2O2/c1-25(2,3)21-12-7-18(8-13-21)9-16-23(28)27(22-14-15-22)17-19-5-10-20(11-6-19)24(29)26-4/h5-13,16,22H,14-15,17H2,1-4H3,(H,26,29). The van der Waals surface area contributed by atoms with Crippen molar-refractivity contribution in [1.82, 2.24) is 10.2 Å². The van der Waals surface area contributed by atoms with Gasteiger partial charge in [-0.3, -0.25) is 9.59 Å². The lowest BCUT2D eigenvalue weighted by Crippen LogP contribution is -2.31. The second kappa shape index (κ2) is 8.64. The van der Waals surface area contributed by atoms with Gasteiger partial charge in [0.05, 0.1) is 0 Å². The Labute approximate surface area is 173 Å². The molecule has 29 heavy (non-hydrogen) atoms. The molecule has 2 aromatic rings. The Hall–Kier alpha value is -2.88. The summed E-state index contributed by atoms with van der Waals surface area (Å²) in [6.45, 7) is 7.13. The predicted octanol–water partition coefficient (Wildman–Crippen LogP) is 4.55.